The monoisotopic (exact) mass is 270 g/mol. The van der Waals surface area contributed by atoms with Crippen LogP contribution in [0.25, 0.3) is 0 Å². The normalized spacial score (nSPS) is 11.7. The van der Waals surface area contributed by atoms with Crippen molar-refractivity contribution in [2.45, 2.75) is 12.5 Å². The van der Waals surface area contributed by atoms with E-state index in [4.69, 9.17) is 10.8 Å². The first-order valence-corrected chi connectivity index (χ1v) is 5.26. The lowest BCUT2D eigenvalue weighted by atomic mass is 10.1. The van der Waals surface area contributed by atoms with Crippen LogP contribution in [-0.4, -0.2) is 23.0 Å². The molecule has 1 atom stereocenters. The van der Waals surface area contributed by atoms with Gasteiger partial charge in [-0.1, -0.05) is 6.08 Å². The summed E-state index contributed by atoms with van der Waals surface area (Å²) in [5, 5.41) is 11.0. The van der Waals surface area contributed by atoms with E-state index in [0.29, 0.717) is 12.1 Å². The average Bonchev–Trinajstić information content (AvgIpc) is 2.33. The van der Waals surface area contributed by atoms with E-state index in [1.54, 1.807) is 0 Å². The van der Waals surface area contributed by atoms with Crippen molar-refractivity contribution < 1.29 is 23.5 Å². The van der Waals surface area contributed by atoms with Crippen molar-refractivity contribution in [1.29, 1.82) is 0 Å². The summed E-state index contributed by atoms with van der Waals surface area (Å²) in [7, 11) is 0. The maximum absolute atomic E-state index is 13.1. The number of halogens is 2. The Morgan fingerprint density at radius 1 is 1.42 bits per heavy atom. The minimum Gasteiger partial charge on any atom is -0.478 e. The summed E-state index contributed by atoms with van der Waals surface area (Å²) in [6, 6.07) is 0.135. The highest BCUT2D eigenvalue weighted by Gasteiger charge is 2.19. The van der Waals surface area contributed by atoms with Gasteiger partial charge in [-0.3, -0.25) is 4.79 Å². The van der Waals surface area contributed by atoms with E-state index in [0.717, 1.165) is 0 Å². The molecule has 1 aromatic rings. The first-order valence-electron chi connectivity index (χ1n) is 5.26. The minimum absolute atomic E-state index is 0.165. The van der Waals surface area contributed by atoms with Gasteiger partial charge in [-0.05, 0) is 12.5 Å². The topological polar surface area (TPSA) is 92.4 Å². The number of hydrogen-bond donors (Lipinski definition) is 3. The Morgan fingerprint density at radius 3 is 2.53 bits per heavy atom. The average molecular weight is 270 g/mol. The summed E-state index contributed by atoms with van der Waals surface area (Å²) in [5.41, 5.74) is 4.56. The number of nitrogens with two attached hydrogens (primary N) is 1. The quantitative estimate of drug-likeness (QED) is 0.707. The predicted octanol–water partition coefficient (Wildman–Crippen LogP) is 1.50. The van der Waals surface area contributed by atoms with Crippen LogP contribution in [0, 0.1) is 11.6 Å². The molecule has 0 heterocycles. The van der Waals surface area contributed by atoms with Crippen LogP contribution in [-0.2, 0) is 4.79 Å². The van der Waals surface area contributed by atoms with E-state index in [2.05, 4.69) is 11.9 Å². The third-order valence-electron chi connectivity index (χ3n) is 2.31. The molecule has 0 saturated heterocycles. The minimum atomic E-state index is -1.49. The van der Waals surface area contributed by atoms with Gasteiger partial charge >= 0.3 is 5.97 Å². The van der Waals surface area contributed by atoms with Crippen molar-refractivity contribution in [3.8, 4) is 0 Å². The maximum Gasteiger partial charge on any atom is 0.337 e. The van der Waals surface area contributed by atoms with Gasteiger partial charge in [0.15, 0.2) is 11.6 Å². The van der Waals surface area contributed by atoms with Crippen LogP contribution in [0.3, 0.4) is 0 Å². The van der Waals surface area contributed by atoms with Crippen LogP contribution in [0.2, 0.25) is 0 Å². The maximum atomic E-state index is 13.1. The van der Waals surface area contributed by atoms with Gasteiger partial charge in [0.2, 0.25) is 5.91 Å². The molecule has 1 amide bonds. The summed E-state index contributed by atoms with van der Waals surface area (Å²) in [4.78, 5) is 22.5. The zero-order valence-electron chi connectivity index (χ0n) is 9.82. The van der Waals surface area contributed by atoms with E-state index >= 15 is 0 Å². The number of carboxylic acid groups (broad SMARTS) is 1. The van der Waals surface area contributed by atoms with Crippen molar-refractivity contribution in [2.75, 3.05) is 5.32 Å². The molecule has 0 spiro atoms. The van der Waals surface area contributed by atoms with Gasteiger partial charge in [-0.2, -0.15) is 0 Å². The van der Waals surface area contributed by atoms with Crippen LogP contribution in [0.5, 0.6) is 0 Å². The number of aromatic carboxylic acids is 1. The molecular formula is C12H12F2N2O3. The molecule has 0 bridgehead atoms. The third kappa shape index (κ3) is 3.59. The first kappa shape index (κ1) is 14.8. The summed E-state index contributed by atoms with van der Waals surface area (Å²) in [5.74, 6) is -4.79. The molecule has 0 fully saturated rings. The zero-order valence-corrected chi connectivity index (χ0v) is 9.82. The van der Waals surface area contributed by atoms with Crippen LogP contribution in [0.1, 0.15) is 16.8 Å². The predicted molar refractivity (Wildman–Crippen MR) is 64.7 cm³/mol. The van der Waals surface area contributed by atoms with E-state index in [-0.39, 0.29) is 12.1 Å². The Hall–Kier alpha value is -2.28. The fraction of sp³-hybridized carbons (Fsp3) is 0.167. The Bertz CT molecular complexity index is 532. The second-order valence-corrected chi connectivity index (χ2v) is 3.74. The summed E-state index contributed by atoms with van der Waals surface area (Å²) in [6.07, 6.45) is 1.57. The van der Waals surface area contributed by atoms with E-state index in [1.165, 1.54) is 6.08 Å². The van der Waals surface area contributed by atoms with Crippen molar-refractivity contribution in [1.82, 2.24) is 0 Å². The summed E-state index contributed by atoms with van der Waals surface area (Å²) < 4.78 is 26.0. The highest BCUT2D eigenvalue weighted by Crippen LogP contribution is 2.20. The van der Waals surface area contributed by atoms with E-state index < -0.39 is 35.1 Å². The fourth-order valence-corrected chi connectivity index (χ4v) is 1.34. The van der Waals surface area contributed by atoms with Crippen LogP contribution in [0.15, 0.2) is 24.8 Å². The molecule has 1 aromatic carbocycles. The molecule has 4 N–H and O–H groups in total. The second kappa shape index (κ2) is 6.05. The lowest BCUT2D eigenvalue weighted by molar-refractivity contribution is -0.117. The molecule has 102 valence electrons. The second-order valence-electron chi connectivity index (χ2n) is 3.74. The molecule has 0 radical (unpaired) electrons. The van der Waals surface area contributed by atoms with Gasteiger partial charge in [0, 0.05) is 6.07 Å². The van der Waals surface area contributed by atoms with Crippen LogP contribution >= 0.6 is 0 Å². The number of carbonyl (C=O) groups excluding carboxylic acids is 1. The Kier molecular flexibility index (Phi) is 4.71. The fourth-order valence-electron chi connectivity index (χ4n) is 1.34. The largest absolute Gasteiger partial charge is 0.478 e. The van der Waals surface area contributed by atoms with Gasteiger partial charge < -0.3 is 16.2 Å². The van der Waals surface area contributed by atoms with Crippen LogP contribution < -0.4 is 11.1 Å². The Balaban J connectivity index is 3.06. The number of anilines is 1. The summed E-state index contributed by atoms with van der Waals surface area (Å²) >= 11 is 0. The van der Waals surface area contributed by atoms with Gasteiger partial charge in [0.25, 0.3) is 0 Å². The molecule has 0 aliphatic carbocycles. The lowest BCUT2D eigenvalue weighted by Gasteiger charge is -2.12. The Labute approximate surface area is 107 Å². The SMILES string of the molecule is C=CCC(N)C(=O)Nc1cc(F)c(F)cc1C(=O)O. The van der Waals surface area contributed by atoms with Crippen molar-refractivity contribution in [2.24, 2.45) is 5.73 Å². The standard InChI is InChI=1S/C12H12F2N2O3/c1-2-3-9(15)11(17)16-10-5-8(14)7(13)4-6(10)12(18)19/h2,4-5,9H,1,3,15H2,(H,16,17)(H,18,19). The highest BCUT2D eigenvalue weighted by atomic mass is 19.2. The molecule has 1 rings (SSSR count). The molecule has 1 unspecified atom stereocenters. The summed E-state index contributed by atoms with van der Waals surface area (Å²) in [6.45, 7) is 3.40. The number of benzene rings is 1. The number of nitrogens with one attached hydrogen (secondary N) is 1. The van der Waals surface area contributed by atoms with Crippen LogP contribution in [0.4, 0.5) is 14.5 Å². The smallest absolute Gasteiger partial charge is 0.337 e. The molecular weight excluding hydrogens is 258 g/mol. The Morgan fingerprint density at radius 2 is 2.00 bits per heavy atom. The first-order chi connectivity index (χ1) is 8.86. The zero-order chi connectivity index (χ0) is 14.6. The highest BCUT2D eigenvalue weighted by molar-refractivity contribution is 6.02. The van der Waals surface area contributed by atoms with Gasteiger partial charge in [-0.15, -0.1) is 6.58 Å². The molecule has 19 heavy (non-hydrogen) atoms. The number of carboxylic acids is 1. The molecule has 7 heteroatoms. The molecule has 0 aliphatic rings. The van der Waals surface area contributed by atoms with E-state index in [1.807, 2.05) is 0 Å². The number of carbonyl (C=O) groups is 2. The van der Waals surface area contributed by atoms with Gasteiger partial charge in [-0.25, -0.2) is 13.6 Å². The van der Waals surface area contributed by atoms with Gasteiger partial charge in [0.05, 0.1) is 17.3 Å². The molecule has 5 nitrogen and oxygen atoms in total. The molecule has 0 aromatic heterocycles. The number of amides is 1. The van der Waals surface area contributed by atoms with Gasteiger partial charge in [0.1, 0.15) is 0 Å². The molecule has 0 saturated carbocycles. The molecule has 0 aliphatic heterocycles. The van der Waals surface area contributed by atoms with Crippen molar-refractivity contribution >= 4 is 17.6 Å². The lowest BCUT2D eigenvalue weighted by Crippen LogP contribution is -2.35. The third-order valence-corrected chi connectivity index (χ3v) is 2.31. The van der Waals surface area contributed by atoms with Crippen molar-refractivity contribution in [3.63, 3.8) is 0 Å². The number of rotatable bonds is 5. The van der Waals surface area contributed by atoms with E-state index in [9.17, 15) is 18.4 Å². The number of hydrogen-bond acceptors (Lipinski definition) is 3. The van der Waals surface area contributed by atoms with Crippen molar-refractivity contribution in [3.05, 3.63) is 42.0 Å².